The Morgan fingerprint density at radius 3 is 1.68 bits per heavy atom. The molecule has 6 aromatic rings. The number of hydrogen-bond donors (Lipinski definition) is 6. The van der Waals surface area contributed by atoms with Crippen molar-refractivity contribution in [1.82, 2.24) is 9.97 Å². The Morgan fingerprint density at radius 2 is 1.13 bits per heavy atom. The number of nitrogens with zero attached hydrogens (tertiary/aromatic N) is 6. The number of nitrogens with two attached hydrogens (primary N) is 2. The fourth-order valence-electron chi connectivity index (χ4n) is 8.22. The van der Waals surface area contributed by atoms with Crippen LogP contribution in [0, 0.1) is 41.2 Å². The normalized spacial score (nSPS) is 14.8. The zero-order valence-corrected chi connectivity index (χ0v) is 34.3. The van der Waals surface area contributed by atoms with E-state index in [1.54, 1.807) is 19.1 Å². The molecule has 0 bridgehead atoms. The number of pyridine rings is 2. The van der Waals surface area contributed by atoms with Gasteiger partial charge in [-0.25, -0.2) is 18.7 Å². The van der Waals surface area contributed by atoms with Crippen LogP contribution in [0.5, 0.6) is 23.0 Å². The maximum atomic E-state index is 16.5. The summed E-state index contributed by atoms with van der Waals surface area (Å²) in [5, 5.41) is 65.6. The molecule has 0 radical (unpaired) electrons. The highest BCUT2D eigenvalue weighted by atomic mass is 35.5. The number of aromatic hydroxyl groups is 4. The molecule has 2 aliphatic rings. The molecule has 4 aromatic carbocycles. The third-order valence-corrected chi connectivity index (χ3v) is 12.0. The van der Waals surface area contributed by atoms with Gasteiger partial charge in [0.15, 0.2) is 0 Å². The third kappa shape index (κ3) is 7.87. The summed E-state index contributed by atoms with van der Waals surface area (Å²) in [5.41, 5.74) is 13.7. The number of hydrogen-bond acceptors (Lipinski definition) is 12. The van der Waals surface area contributed by atoms with E-state index in [4.69, 9.17) is 33.0 Å². The van der Waals surface area contributed by atoms with Crippen molar-refractivity contribution in [3.63, 3.8) is 0 Å². The standard InChI is InChI=1S/C47H41ClF2N8O4/c1-24-32(14-28(19-38(24)59)45-41(62)21-42(57-10-6-30(53)7-11-57)55-46(45)26-2-3-27(22-51)36(49)16-26)33-15-29(17-37(50)34(33)23-52)47-44(25-4-5-35(48)39(60)18-25)40(61)20-43(56-47)58-12-8-31(54)9-13-58/h2-5,14-21,30-31,59-60H,6-13,53-54H2,1H3,(H,55,62)(H,56,61). The molecule has 2 fully saturated rings. The summed E-state index contributed by atoms with van der Waals surface area (Å²) in [7, 11) is 0. The number of anilines is 2. The highest BCUT2D eigenvalue weighted by Gasteiger charge is 2.27. The van der Waals surface area contributed by atoms with Crippen LogP contribution in [-0.2, 0) is 0 Å². The molecule has 0 saturated carbocycles. The predicted molar refractivity (Wildman–Crippen MR) is 234 cm³/mol. The van der Waals surface area contributed by atoms with Gasteiger partial charge in [0.05, 0.1) is 38.7 Å². The summed E-state index contributed by atoms with van der Waals surface area (Å²) in [6, 6.07) is 20.8. The van der Waals surface area contributed by atoms with E-state index in [2.05, 4.69) is 0 Å². The van der Waals surface area contributed by atoms with Crippen molar-refractivity contribution in [2.24, 2.45) is 11.5 Å². The van der Waals surface area contributed by atoms with Crippen LogP contribution in [0.3, 0.4) is 0 Å². The van der Waals surface area contributed by atoms with Gasteiger partial charge in [-0.05, 0) is 103 Å². The van der Waals surface area contributed by atoms with Crippen LogP contribution < -0.4 is 21.3 Å². The van der Waals surface area contributed by atoms with E-state index in [-0.39, 0.29) is 107 Å². The minimum Gasteiger partial charge on any atom is -0.508 e. The van der Waals surface area contributed by atoms with Gasteiger partial charge in [0, 0.05) is 67.1 Å². The Kier molecular flexibility index (Phi) is 11.3. The molecule has 0 spiro atoms. The number of halogens is 3. The molecule has 8 N–H and O–H groups in total. The van der Waals surface area contributed by atoms with E-state index in [1.807, 2.05) is 21.9 Å². The van der Waals surface area contributed by atoms with Gasteiger partial charge >= 0.3 is 0 Å². The van der Waals surface area contributed by atoms with E-state index < -0.39 is 11.6 Å². The first kappa shape index (κ1) is 41.8. The second-order valence-electron chi connectivity index (χ2n) is 15.7. The first-order valence-electron chi connectivity index (χ1n) is 20.0. The summed E-state index contributed by atoms with van der Waals surface area (Å²) in [6.45, 7) is 3.82. The van der Waals surface area contributed by atoms with E-state index in [1.165, 1.54) is 48.5 Å². The highest BCUT2D eigenvalue weighted by molar-refractivity contribution is 6.32. The molecule has 2 saturated heterocycles. The monoisotopic (exact) mass is 854 g/mol. The van der Waals surface area contributed by atoms with Gasteiger partial charge in [-0.3, -0.25) is 0 Å². The molecule has 314 valence electrons. The molecule has 2 aliphatic heterocycles. The average molecular weight is 855 g/mol. The van der Waals surface area contributed by atoms with E-state index in [0.717, 1.165) is 12.1 Å². The van der Waals surface area contributed by atoms with Crippen molar-refractivity contribution in [2.45, 2.75) is 44.7 Å². The molecule has 0 atom stereocenters. The first-order chi connectivity index (χ1) is 29.7. The highest BCUT2D eigenvalue weighted by Crippen LogP contribution is 2.47. The molecule has 15 heteroatoms. The van der Waals surface area contributed by atoms with Crippen LogP contribution >= 0.6 is 11.6 Å². The van der Waals surface area contributed by atoms with Gasteiger partial charge in [0.25, 0.3) is 0 Å². The van der Waals surface area contributed by atoms with Gasteiger partial charge in [0.2, 0.25) is 0 Å². The summed E-state index contributed by atoms with van der Waals surface area (Å²) in [5.74, 6) is -1.91. The fourth-order valence-corrected chi connectivity index (χ4v) is 8.34. The minimum absolute atomic E-state index is 0.00680. The molecule has 8 rings (SSSR count). The molecule has 12 nitrogen and oxygen atoms in total. The van der Waals surface area contributed by atoms with Crippen molar-refractivity contribution in [3.8, 4) is 91.0 Å². The van der Waals surface area contributed by atoms with Crippen LogP contribution in [0.4, 0.5) is 20.4 Å². The van der Waals surface area contributed by atoms with Gasteiger partial charge in [-0.2, -0.15) is 10.5 Å². The Hall–Kier alpha value is -6.97. The number of phenols is 2. The second kappa shape index (κ2) is 16.8. The zero-order valence-electron chi connectivity index (χ0n) is 33.5. The number of rotatable bonds is 7. The predicted octanol–water partition coefficient (Wildman–Crippen LogP) is 8.47. The van der Waals surface area contributed by atoms with E-state index in [0.29, 0.717) is 69.1 Å². The maximum absolute atomic E-state index is 16.5. The Balaban J connectivity index is 1.34. The lowest BCUT2D eigenvalue weighted by Gasteiger charge is -2.32. The second-order valence-corrected chi connectivity index (χ2v) is 16.1. The number of phenolic OH excluding ortho intramolecular Hbond substituents is 2. The molecule has 4 heterocycles. The van der Waals surface area contributed by atoms with Crippen molar-refractivity contribution in [1.29, 1.82) is 10.5 Å². The zero-order chi connectivity index (χ0) is 44.0. The van der Waals surface area contributed by atoms with Crippen molar-refractivity contribution in [2.75, 3.05) is 36.0 Å². The fraction of sp³-hybridized carbons (Fsp3) is 0.234. The van der Waals surface area contributed by atoms with Crippen molar-refractivity contribution >= 4 is 23.2 Å². The number of nitriles is 2. The number of aromatic nitrogens is 2. The lowest BCUT2D eigenvalue weighted by Crippen LogP contribution is -2.40. The Bertz CT molecular complexity index is 2850. The summed E-state index contributed by atoms with van der Waals surface area (Å²) >= 11 is 6.15. The van der Waals surface area contributed by atoms with Crippen LogP contribution in [0.1, 0.15) is 42.4 Å². The van der Waals surface area contributed by atoms with Gasteiger partial charge in [-0.1, -0.05) is 23.7 Å². The minimum atomic E-state index is -0.923. The molecular formula is C47H41ClF2N8O4. The van der Waals surface area contributed by atoms with Crippen LogP contribution in [0.2, 0.25) is 5.02 Å². The van der Waals surface area contributed by atoms with E-state index in [9.17, 15) is 30.9 Å². The van der Waals surface area contributed by atoms with Gasteiger partial charge in [-0.15, -0.1) is 0 Å². The maximum Gasteiger partial charge on any atom is 0.142 e. The largest absolute Gasteiger partial charge is 0.508 e. The van der Waals surface area contributed by atoms with Crippen LogP contribution in [0.25, 0.3) is 55.9 Å². The number of benzene rings is 4. The summed E-state index contributed by atoms with van der Waals surface area (Å²) in [6.07, 6.45) is 2.74. The van der Waals surface area contributed by atoms with E-state index >= 15 is 8.78 Å². The lowest BCUT2D eigenvalue weighted by atomic mass is 9.88. The average Bonchev–Trinajstić information content (AvgIpc) is 3.25. The molecule has 0 amide bonds. The quantitative estimate of drug-likeness (QED) is 0.0893. The Morgan fingerprint density at radius 1 is 0.613 bits per heavy atom. The van der Waals surface area contributed by atoms with Crippen LogP contribution in [-0.4, -0.2) is 68.7 Å². The molecular weight excluding hydrogens is 814 g/mol. The summed E-state index contributed by atoms with van der Waals surface area (Å²) < 4.78 is 31.7. The lowest BCUT2D eigenvalue weighted by molar-refractivity contribution is 0.470. The smallest absolute Gasteiger partial charge is 0.142 e. The third-order valence-electron chi connectivity index (χ3n) is 11.7. The SMILES string of the molecule is Cc1c(O)cc(-c2c(O)cc(N3CCC(N)CC3)nc2-c2ccc(C#N)c(F)c2)cc1-c1cc(-c2nc(N3CCC(N)CC3)cc(O)c2-c2ccc(Cl)c(O)c2)cc(F)c1C#N. The van der Waals surface area contributed by atoms with Crippen LogP contribution in [0.15, 0.2) is 72.8 Å². The summed E-state index contributed by atoms with van der Waals surface area (Å²) in [4.78, 5) is 13.8. The molecule has 2 aromatic heterocycles. The molecule has 0 unspecified atom stereocenters. The van der Waals surface area contributed by atoms with Gasteiger partial charge < -0.3 is 41.7 Å². The van der Waals surface area contributed by atoms with Crippen molar-refractivity contribution in [3.05, 3.63) is 106 Å². The first-order valence-corrected chi connectivity index (χ1v) is 20.4. The Labute approximate surface area is 361 Å². The number of piperidine rings is 2. The molecule has 62 heavy (non-hydrogen) atoms. The topological polar surface area (TPSA) is 213 Å². The van der Waals surface area contributed by atoms with Crippen molar-refractivity contribution < 1.29 is 29.2 Å². The van der Waals surface area contributed by atoms with Gasteiger partial charge in [0.1, 0.15) is 58.4 Å². The molecule has 0 aliphatic carbocycles.